The summed E-state index contributed by atoms with van der Waals surface area (Å²) >= 11 is 0. The van der Waals surface area contributed by atoms with Crippen LogP contribution in [0.3, 0.4) is 0 Å². The van der Waals surface area contributed by atoms with Crippen molar-refractivity contribution in [2.45, 2.75) is 56.3 Å². The Morgan fingerprint density at radius 3 is 2.26 bits per heavy atom. The van der Waals surface area contributed by atoms with Crippen LogP contribution in [0, 0.1) is 12.7 Å². The van der Waals surface area contributed by atoms with Gasteiger partial charge < -0.3 is 20.0 Å². The molecule has 39 heavy (non-hydrogen) atoms. The first-order valence-electron chi connectivity index (χ1n) is 12.9. The highest BCUT2D eigenvalue weighted by Gasteiger charge is 2.60. The number of amides is 4. The van der Waals surface area contributed by atoms with Crippen molar-refractivity contribution in [1.29, 1.82) is 0 Å². The van der Waals surface area contributed by atoms with Crippen LogP contribution >= 0.6 is 0 Å². The molecule has 0 aromatic heterocycles. The van der Waals surface area contributed by atoms with Crippen molar-refractivity contribution < 1.29 is 28.4 Å². The molecular weight excluding hydrogens is 507 g/mol. The standard InChI is InChI=1S/C27H35FN6O5/c1-16-13-17(7-8-18(16)28)14-29-21(36)19-20(35)22(37)34-15-26(32(4)5)9-11-27(12-10-26,25(34)30-19)33(6)24(39)23(38)31(2)3/h7-8,13,19H,9-12,14-15H2,1-6H3,(H,29,36). The molecule has 1 aliphatic carbocycles. The van der Waals surface area contributed by atoms with Crippen LogP contribution in [0.15, 0.2) is 23.2 Å². The third kappa shape index (κ3) is 4.70. The zero-order valence-electron chi connectivity index (χ0n) is 23.2. The fourth-order valence-corrected chi connectivity index (χ4v) is 5.80. The van der Waals surface area contributed by atoms with Crippen LogP contribution in [-0.2, 0) is 30.5 Å². The minimum Gasteiger partial charge on any atom is -0.350 e. The van der Waals surface area contributed by atoms with Crippen LogP contribution in [0.1, 0.15) is 36.8 Å². The number of hydrogen-bond donors (Lipinski definition) is 1. The molecule has 2 bridgehead atoms. The Balaban J connectivity index is 1.73. The second-order valence-electron chi connectivity index (χ2n) is 11.1. The van der Waals surface area contributed by atoms with Gasteiger partial charge in [0.1, 0.15) is 17.2 Å². The highest BCUT2D eigenvalue weighted by Crippen LogP contribution is 2.47. The molecule has 1 aromatic carbocycles. The van der Waals surface area contributed by atoms with E-state index in [4.69, 9.17) is 0 Å². The number of nitrogens with zero attached hydrogens (tertiary/aromatic N) is 5. The number of ketones is 1. The minimum atomic E-state index is -1.64. The van der Waals surface area contributed by atoms with Crippen LogP contribution in [0.4, 0.5) is 4.39 Å². The lowest BCUT2D eigenvalue weighted by atomic mass is 9.72. The Bertz CT molecular complexity index is 1270. The summed E-state index contributed by atoms with van der Waals surface area (Å²) in [6.45, 7) is 1.79. The summed E-state index contributed by atoms with van der Waals surface area (Å²) < 4.78 is 13.6. The third-order valence-electron chi connectivity index (χ3n) is 8.51. The normalized spacial score (nSPS) is 26.1. The smallest absolute Gasteiger partial charge is 0.312 e. The van der Waals surface area contributed by atoms with Gasteiger partial charge in [-0.25, -0.2) is 9.38 Å². The van der Waals surface area contributed by atoms with Crippen molar-refractivity contribution in [1.82, 2.24) is 24.9 Å². The summed E-state index contributed by atoms with van der Waals surface area (Å²) in [7, 11) is 8.27. The summed E-state index contributed by atoms with van der Waals surface area (Å²) in [4.78, 5) is 76.2. The molecule has 5 rings (SSSR count). The van der Waals surface area contributed by atoms with Crippen molar-refractivity contribution >= 4 is 35.2 Å². The second kappa shape index (κ2) is 10.1. The van der Waals surface area contributed by atoms with Gasteiger partial charge in [0, 0.05) is 39.8 Å². The van der Waals surface area contributed by atoms with Gasteiger partial charge in [-0.2, -0.15) is 0 Å². The topological polar surface area (TPSA) is 123 Å². The zero-order valence-corrected chi connectivity index (χ0v) is 23.2. The number of nitrogens with one attached hydrogen (secondary N) is 1. The molecule has 1 atom stereocenters. The highest BCUT2D eigenvalue weighted by atomic mass is 19.1. The Morgan fingerprint density at radius 2 is 1.69 bits per heavy atom. The lowest BCUT2D eigenvalue weighted by molar-refractivity contribution is -0.152. The Morgan fingerprint density at radius 1 is 1.05 bits per heavy atom. The van der Waals surface area contributed by atoms with Gasteiger partial charge in [0.15, 0.2) is 6.04 Å². The lowest BCUT2D eigenvalue weighted by Gasteiger charge is -2.48. The van der Waals surface area contributed by atoms with Gasteiger partial charge in [-0.3, -0.25) is 28.9 Å². The van der Waals surface area contributed by atoms with Gasteiger partial charge in [0.2, 0.25) is 0 Å². The molecule has 1 N–H and O–H groups in total. The average Bonchev–Trinajstić information content (AvgIpc) is 3.15. The predicted molar refractivity (Wildman–Crippen MR) is 140 cm³/mol. The van der Waals surface area contributed by atoms with Crippen LogP contribution < -0.4 is 5.32 Å². The van der Waals surface area contributed by atoms with Crippen molar-refractivity contribution in [3.8, 4) is 0 Å². The van der Waals surface area contributed by atoms with Crippen LogP contribution in [0.2, 0.25) is 0 Å². The predicted octanol–water partition coefficient (Wildman–Crippen LogP) is 0.102. The van der Waals surface area contributed by atoms with E-state index in [9.17, 15) is 28.4 Å². The third-order valence-corrected chi connectivity index (χ3v) is 8.51. The molecule has 1 saturated carbocycles. The van der Waals surface area contributed by atoms with E-state index in [0.29, 0.717) is 36.8 Å². The van der Waals surface area contributed by atoms with E-state index in [2.05, 4.69) is 10.3 Å². The molecule has 0 spiro atoms. The Kier molecular flexibility index (Phi) is 7.37. The number of carbonyl (C=O) groups excluding carboxylic acids is 5. The largest absolute Gasteiger partial charge is 0.350 e. The van der Waals surface area contributed by atoms with Crippen molar-refractivity contribution in [3.05, 3.63) is 35.1 Å². The fourth-order valence-electron chi connectivity index (χ4n) is 5.80. The molecule has 4 amide bonds. The van der Waals surface area contributed by atoms with Crippen LogP contribution in [0.25, 0.3) is 0 Å². The maximum Gasteiger partial charge on any atom is 0.312 e. The van der Waals surface area contributed by atoms with Crippen molar-refractivity contribution in [2.75, 3.05) is 41.8 Å². The molecule has 12 heteroatoms. The molecule has 3 aliphatic heterocycles. The molecule has 1 unspecified atom stereocenters. The van der Waals surface area contributed by atoms with E-state index in [1.807, 2.05) is 19.0 Å². The Hall–Kier alpha value is -3.67. The SMILES string of the molecule is Cc1cc(CNC(=O)C2N=C3N(CC4(N(C)C)CCC3(N(C)C(=O)C(=O)N(C)C)CC4)C(=O)C2=O)ccc1F. The van der Waals surface area contributed by atoms with E-state index >= 15 is 0 Å². The number of aryl methyl sites for hydroxylation is 1. The quantitative estimate of drug-likeness (QED) is 0.416. The van der Waals surface area contributed by atoms with Gasteiger partial charge in [-0.15, -0.1) is 0 Å². The Labute approximate surface area is 227 Å². The number of amidine groups is 1. The summed E-state index contributed by atoms with van der Waals surface area (Å²) in [5.74, 6) is -4.30. The van der Waals surface area contributed by atoms with E-state index in [0.717, 1.165) is 0 Å². The van der Waals surface area contributed by atoms with E-state index in [-0.39, 0.29) is 24.7 Å². The summed E-state index contributed by atoms with van der Waals surface area (Å²) in [6, 6.07) is 2.76. The van der Waals surface area contributed by atoms with E-state index in [1.54, 1.807) is 13.0 Å². The molecule has 0 radical (unpaired) electrons. The molecule has 4 aliphatic rings. The number of fused-ring (bicyclic) bond motifs is 2. The van der Waals surface area contributed by atoms with E-state index in [1.165, 1.54) is 48.0 Å². The number of hydrogen-bond acceptors (Lipinski definition) is 7. The number of rotatable bonds is 5. The van der Waals surface area contributed by atoms with Gasteiger partial charge in [-0.1, -0.05) is 12.1 Å². The molecule has 11 nitrogen and oxygen atoms in total. The molecular formula is C27H35FN6O5. The lowest BCUT2D eigenvalue weighted by Crippen LogP contribution is -2.65. The summed E-state index contributed by atoms with van der Waals surface area (Å²) in [5.41, 5.74) is -0.577. The van der Waals surface area contributed by atoms with Gasteiger partial charge in [0.05, 0.1) is 0 Å². The van der Waals surface area contributed by atoms with Crippen LogP contribution in [0.5, 0.6) is 0 Å². The van der Waals surface area contributed by atoms with Gasteiger partial charge in [0.25, 0.3) is 17.6 Å². The maximum atomic E-state index is 13.6. The van der Waals surface area contributed by atoms with Crippen LogP contribution in [-0.4, -0.2) is 114 Å². The molecule has 2 saturated heterocycles. The van der Waals surface area contributed by atoms with Crippen molar-refractivity contribution in [3.63, 3.8) is 0 Å². The number of benzene rings is 1. The minimum absolute atomic E-state index is 0.0110. The molecule has 3 fully saturated rings. The molecule has 210 valence electrons. The average molecular weight is 543 g/mol. The first-order chi connectivity index (χ1) is 18.2. The highest BCUT2D eigenvalue weighted by molar-refractivity contribution is 6.46. The number of likely N-dealkylation sites (N-methyl/N-ethyl adjacent to an activating group) is 3. The first-order valence-corrected chi connectivity index (χ1v) is 12.9. The monoisotopic (exact) mass is 542 g/mol. The zero-order chi connectivity index (χ0) is 28.9. The summed E-state index contributed by atoms with van der Waals surface area (Å²) in [5, 5.41) is 2.63. The molecule has 3 heterocycles. The summed E-state index contributed by atoms with van der Waals surface area (Å²) in [6.07, 6.45) is 1.97. The maximum absolute atomic E-state index is 13.6. The number of aliphatic imine (C=N–C) groups is 1. The number of Topliss-reactive ketones (excluding diaryl/α,β-unsaturated/α-hetero) is 1. The number of halogens is 1. The molecule has 1 aromatic rings. The van der Waals surface area contributed by atoms with Gasteiger partial charge in [-0.05, 0) is 63.9 Å². The number of carbonyl (C=O) groups is 5. The van der Waals surface area contributed by atoms with Crippen molar-refractivity contribution in [2.24, 2.45) is 4.99 Å². The first kappa shape index (κ1) is 28.3. The second-order valence-corrected chi connectivity index (χ2v) is 11.1. The fraction of sp³-hybridized carbons (Fsp3) is 0.556. The van der Waals surface area contributed by atoms with Gasteiger partial charge >= 0.3 is 11.8 Å². The van der Waals surface area contributed by atoms with E-state index < -0.39 is 46.5 Å².